The number of nitrogens with zero attached hydrogens (tertiary/aromatic N) is 5. The van der Waals surface area contributed by atoms with Crippen LogP contribution in [0.1, 0.15) is 18.5 Å². The van der Waals surface area contributed by atoms with Crippen LogP contribution >= 0.6 is 0 Å². The average molecular weight is 287 g/mol. The molecule has 1 aliphatic heterocycles. The van der Waals surface area contributed by atoms with Crippen LogP contribution < -0.4 is 4.90 Å². The molecule has 2 fully saturated rings. The number of hydrogen-bond donors (Lipinski definition) is 0. The fourth-order valence-corrected chi connectivity index (χ4v) is 2.64. The van der Waals surface area contributed by atoms with Crippen molar-refractivity contribution in [3.05, 3.63) is 18.1 Å². The number of likely N-dealkylation sites (N-methyl/N-ethyl adjacent to an activating group) is 1. The molecular formula is C15H21N5O. The van der Waals surface area contributed by atoms with Gasteiger partial charge in [-0.2, -0.15) is 5.26 Å². The Hall–Kier alpha value is -1.71. The first-order chi connectivity index (χ1) is 10.2. The molecule has 0 amide bonds. The second kappa shape index (κ2) is 6.37. The Bertz CT molecular complexity index is 508. The van der Waals surface area contributed by atoms with Crippen molar-refractivity contribution in [2.24, 2.45) is 5.92 Å². The van der Waals surface area contributed by atoms with Crippen molar-refractivity contribution < 1.29 is 4.74 Å². The van der Waals surface area contributed by atoms with Crippen LogP contribution in [0.4, 0.5) is 5.82 Å². The largest absolute Gasteiger partial charge is 0.374 e. The van der Waals surface area contributed by atoms with Crippen LogP contribution in [-0.2, 0) is 4.74 Å². The first-order valence-electron chi connectivity index (χ1n) is 7.52. The summed E-state index contributed by atoms with van der Waals surface area (Å²) in [6.07, 6.45) is 6.05. The van der Waals surface area contributed by atoms with Crippen LogP contribution in [-0.4, -0.2) is 60.8 Å². The van der Waals surface area contributed by atoms with Crippen molar-refractivity contribution in [2.45, 2.75) is 18.9 Å². The highest BCUT2D eigenvalue weighted by Crippen LogP contribution is 2.31. The van der Waals surface area contributed by atoms with E-state index < -0.39 is 0 Å². The Morgan fingerprint density at radius 1 is 1.38 bits per heavy atom. The molecule has 1 aliphatic carbocycles. The minimum Gasteiger partial charge on any atom is -0.374 e. The maximum absolute atomic E-state index is 8.82. The fourth-order valence-electron chi connectivity index (χ4n) is 2.64. The number of ether oxygens (including phenoxy) is 1. The highest BCUT2D eigenvalue weighted by molar-refractivity contribution is 5.38. The van der Waals surface area contributed by atoms with Crippen LogP contribution in [0.15, 0.2) is 12.4 Å². The molecule has 0 N–H and O–H groups in total. The molecule has 0 bridgehead atoms. The van der Waals surface area contributed by atoms with Crippen molar-refractivity contribution in [1.82, 2.24) is 14.9 Å². The maximum Gasteiger partial charge on any atom is 0.158 e. The summed E-state index contributed by atoms with van der Waals surface area (Å²) < 4.78 is 5.86. The Labute approximate surface area is 125 Å². The zero-order valence-corrected chi connectivity index (χ0v) is 12.4. The highest BCUT2D eigenvalue weighted by atomic mass is 16.5. The Kier molecular flexibility index (Phi) is 4.32. The van der Waals surface area contributed by atoms with Crippen molar-refractivity contribution >= 4 is 5.82 Å². The molecule has 1 aromatic heterocycles. The van der Waals surface area contributed by atoms with E-state index in [1.165, 1.54) is 12.8 Å². The van der Waals surface area contributed by atoms with Crippen molar-refractivity contribution in [1.29, 1.82) is 5.26 Å². The Balaban J connectivity index is 1.68. The van der Waals surface area contributed by atoms with E-state index in [1.54, 1.807) is 12.4 Å². The second-order valence-electron chi connectivity index (χ2n) is 5.98. The number of nitriles is 1. The molecule has 112 valence electrons. The number of morpholine rings is 1. The Morgan fingerprint density at radius 2 is 2.24 bits per heavy atom. The lowest BCUT2D eigenvalue weighted by atomic mass is 10.2. The molecule has 1 saturated carbocycles. The van der Waals surface area contributed by atoms with Crippen molar-refractivity contribution in [2.75, 3.05) is 44.7 Å². The van der Waals surface area contributed by atoms with Gasteiger partial charge in [0.05, 0.1) is 25.1 Å². The van der Waals surface area contributed by atoms with Gasteiger partial charge >= 0.3 is 0 Å². The molecule has 0 radical (unpaired) electrons. The number of aromatic nitrogens is 2. The lowest BCUT2D eigenvalue weighted by Crippen LogP contribution is -2.46. The van der Waals surface area contributed by atoms with Gasteiger partial charge < -0.3 is 14.5 Å². The van der Waals surface area contributed by atoms with Gasteiger partial charge in [-0.3, -0.25) is 0 Å². The molecule has 0 unspecified atom stereocenters. The maximum atomic E-state index is 8.82. The van der Waals surface area contributed by atoms with Gasteiger partial charge in [-0.25, -0.2) is 9.97 Å². The molecule has 6 nitrogen and oxygen atoms in total. The molecule has 2 aliphatic rings. The molecular weight excluding hydrogens is 266 g/mol. The summed E-state index contributed by atoms with van der Waals surface area (Å²) in [4.78, 5) is 13.1. The Morgan fingerprint density at radius 3 is 2.86 bits per heavy atom. The summed E-state index contributed by atoms with van der Waals surface area (Å²) in [5.41, 5.74) is 0.360. The highest BCUT2D eigenvalue weighted by Gasteiger charge is 2.28. The number of anilines is 1. The van der Waals surface area contributed by atoms with Crippen LogP contribution in [0.5, 0.6) is 0 Å². The zero-order chi connectivity index (χ0) is 14.7. The lowest BCUT2D eigenvalue weighted by Gasteiger charge is -2.34. The minimum atomic E-state index is 0.208. The smallest absolute Gasteiger partial charge is 0.158 e. The lowest BCUT2D eigenvalue weighted by molar-refractivity contribution is -0.0149. The molecule has 1 atom stereocenters. The summed E-state index contributed by atoms with van der Waals surface area (Å²) in [6, 6.07) is 2.01. The molecule has 0 spiro atoms. The van der Waals surface area contributed by atoms with E-state index in [9.17, 15) is 0 Å². The zero-order valence-electron chi connectivity index (χ0n) is 12.4. The molecule has 0 aromatic carbocycles. The van der Waals surface area contributed by atoms with Gasteiger partial charge in [0.1, 0.15) is 11.9 Å². The second-order valence-corrected chi connectivity index (χ2v) is 5.98. The summed E-state index contributed by atoms with van der Waals surface area (Å²) in [7, 11) is 2.13. The van der Waals surface area contributed by atoms with Gasteiger partial charge in [0.25, 0.3) is 0 Å². The van der Waals surface area contributed by atoms with E-state index in [-0.39, 0.29) is 6.10 Å². The van der Waals surface area contributed by atoms with Crippen LogP contribution in [0, 0.1) is 17.2 Å². The van der Waals surface area contributed by atoms with Crippen molar-refractivity contribution in [3.63, 3.8) is 0 Å². The molecule has 21 heavy (non-hydrogen) atoms. The monoisotopic (exact) mass is 287 g/mol. The van der Waals surface area contributed by atoms with Crippen LogP contribution in [0.3, 0.4) is 0 Å². The predicted octanol–water partition coefficient (Wildman–Crippen LogP) is 0.895. The standard InChI is InChI=1S/C15H21N5O/c1-19-4-5-21-14(10-19)11-20(9-12-2-3-12)15-8-17-13(6-16)7-18-15/h7-8,12,14H,2-5,9-11H2,1H3/t14-/m0/s1. The number of hydrogen-bond acceptors (Lipinski definition) is 6. The molecule has 2 heterocycles. The van der Waals surface area contributed by atoms with Gasteiger partial charge in [0, 0.05) is 26.2 Å². The van der Waals surface area contributed by atoms with Crippen LogP contribution in [0.25, 0.3) is 0 Å². The van der Waals surface area contributed by atoms with E-state index >= 15 is 0 Å². The van der Waals surface area contributed by atoms with E-state index in [4.69, 9.17) is 10.00 Å². The van der Waals surface area contributed by atoms with E-state index in [2.05, 4.69) is 26.8 Å². The molecule has 1 aromatic rings. The van der Waals surface area contributed by atoms with E-state index in [1.807, 2.05) is 6.07 Å². The van der Waals surface area contributed by atoms with Gasteiger partial charge in [0.15, 0.2) is 5.69 Å². The average Bonchev–Trinajstić information content (AvgIpc) is 3.31. The SMILES string of the molecule is CN1CCO[C@H](CN(CC2CC2)c2cnc(C#N)cn2)C1. The summed E-state index contributed by atoms with van der Waals surface area (Å²) >= 11 is 0. The fraction of sp³-hybridized carbons (Fsp3) is 0.667. The third kappa shape index (κ3) is 3.90. The third-order valence-corrected chi connectivity index (χ3v) is 4.02. The summed E-state index contributed by atoms with van der Waals surface area (Å²) in [5, 5.41) is 8.82. The minimum absolute atomic E-state index is 0.208. The van der Waals surface area contributed by atoms with Crippen LogP contribution in [0.2, 0.25) is 0 Å². The summed E-state index contributed by atoms with van der Waals surface area (Å²) in [5.74, 6) is 1.61. The van der Waals surface area contributed by atoms with Gasteiger partial charge in [-0.15, -0.1) is 0 Å². The number of rotatable bonds is 5. The van der Waals surface area contributed by atoms with Gasteiger partial charge in [-0.1, -0.05) is 0 Å². The van der Waals surface area contributed by atoms with E-state index in [0.29, 0.717) is 5.69 Å². The first kappa shape index (κ1) is 14.2. The first-order valence-corrected chi connectivity index (χ1v) is 7.52. The molecule has 3 rings (SSSR count). The topological polar surface area (TPSA) is 65.3 Å². The quantitative estimate of drug-likeness (QED) is 0.801. The van der Waals surface area contributed by atoms with Gasteiger partial charge in [0.2, 0.25) is 0 Å². The normalized spacial score (nSPS) is 22.8. The predicted molar refractivity (Wildman–Crippen MR) is 78.9 cm³/mol. The van der Waals surface area contributed by atoms with E-state index in [0.717, 1.165) is 44.5 Å². The molecule has 6 heteroatoms. The van der Waals surface area contributed by atoms with Crippen molar-refractivity contribution in [3.8, 4) is 6.07 Å². The summed E-state index contributed by atoms with van der Waals surface area (Å²) in [6.45, 7) is 4.57. The van der Waals surface area contributed by atoms with Gasteiger partial charge in [-0.05, 0) is 25.8 Å². The third-order valence-electron chi connectivity index (χ3n) is 4.02. The molecule has 1 saturated heterocycles.